The number of fused-ring (bicyclic) bond motifs is 1. The summed E-state index contributed by atoms with van der Waals surface area (Å²) in [4.78, 5) is 31.3. The number of amides is 1. The molecule has 3 fully saturated rings. The molecule has 0 radical (unpaired) electrons. The maximum Gasteiger partial charge on any atom is 0.311 e. The average Bonchev–Trinajstić information content (AvgIpc) is 3.37. The van der Waals surface area contributed by atoms with Crippen LogP contribution in [0.25, 0.3) is 0 Å². The summed E-state index contributed by atoms with van der Waals surface area (Å²) in [5.74, 6) is -1.95. The lowest BCUT2D eigenvalue weighted by Crippen LogP contribution is -2.55. The van der Waals surface area contributed by atoms with Crippen LogP contribution in [0.2, 0.25) is 0 Å². The molecule has 3 aliphatic rings. The third-order valence-electron chi connectivity index (χ3n) is 8.45. The van der Waals surface area contributed by atoms with Crippen LogP contribution in [0.3, 0.4) is 0 Å². The van der Waals surface area contributed by atoms with Crippen molar-refractivity contribution >= 4 is 11.9 Å². The zero-order chi connectivity index (χ0) is 27.0. The van der Waals surface area contributed by atoms with Gasteiger partial charge < -0.3 is 19.1 Å². The van der Waals surface area contributed by atoms with E-state index in [2.05, 4.69) is 30.9 Å². The van der Waals surface area contributed by atoms with Gasteiger partial charge in [0.1, 0.15) is 5.82 Å². The minimum absolute atomic E-state index is 0.0193. The van der Waals surface area contributed by atoms with E-state index in [1.165, 1.54) is 13.2 Å². The monoisotopic (exact) mass is 524 g/mol. The summed E-state index contributed by atoms with van der Waals surface area (Å²) in [6.45, 7) is 9.93. The Hall–Kier alpha value is -2.81. The van der Waals surface area contributed by atoms with Gasteiger partial charge in [-0.1, -0.05) is 36.4 Å². The van der Waals surface area contributed by atoms with Crippen molar-refractivity contribution in [1.29, 1.82) is 0 Å². The third-order valence-corrected chi connectivity index (χ3v) is 8.45. The van der Waals surface area contributed by atoms with E-state index < -0.39 is 23.7 Å². The van der Waals surface area contributed by atoms with Crippen molar-refractivity contribution in [3.63, 3.8) is 0 Å². The highest BCUT2D eigenvalue weighted by Gasteiger charge is 2.51. The highest BCUT2D eigenvalue weighted by molar-refractivity contribution is 5.97. The van der Waals surface area contributed by atoms with Gasteiger partial charge in [-0.05, 0) is 49.9 Å². The average molecular weight is 525 g/mol. The molecule has 0 N–H and O–H groups in total. The lowest BCUT2D eigenvalue weighted by Gasteiger charge is -2.46. The van der Waals surface area contributed by atoms with E-state index in [9.17, 15) is 9.59 Å². The van der Waals surface area contributed by atoms with Crippen molar-refractivity contribution in [3.05, 3.63) is 70.5 Å². The summed E-state index contributed by atoms with van der Waals surface area (Å²) in [5.41, 5.74) is 2.51. The number of esters is 1. The van der Waals surface area contributed by atoms with Gasteiger partial charge in [0.25, 0.3) is 5.91 Å². The van der Waals surface area contributed by atoms with E-state index in [0.717, 1.165) is 24.2 Å². The largest absolute Gasteiger partial charge is 0.469 e. The van der Waals surface area contributed by atoms with Gasteiger partial charge in [0.15, 0.2) is 0 Å². The predicted octanol–water partition coefficient (Wildman–Crippen LogP) is 4.14. The number of piperidine rings is 1. The Bertz CT molecular complexity index is 1160. The summed E-state index contributed by atoms with van der Waals surface area (Å²) < 4.78 is 31.7. The van der Waals surface area contributed by atoms with Crippen LogP contribution in [-0.2, 0) is 25.5 Å². The van der Waals surface area contributed by atoms with Crippen LogP contribution < -0.4 is 0 Å². The van der Waals surface area contributed by atoms with Crippen LogP contribution in [0, 0.1) is 24.6 Å². The number of ether oxygens (including phenoxy) is 3. The number of aryl methyl sites for hydroxylation is 1. The van der Waals surface area contributed by atoms with Crippen LogP contribution >= 0.6 is 0 Å². The molecular formula is C30H37FN2O5. The number of morpholine rings is 1. The number of methoxy groups -OCH3 is 1. The number of nitrogens with zero attached hydrogens (tertiary/aromatic N) is 2. The van der Waals surface area contributed by atoms with Gasteiger partial charge in [0, 0.05) is 24.5 Å². The summed E-state index contributed by atoms with van der Waals surface area (Å²) in [6.07, 6.45) is 0.547. The topological polar surface area (TPSA) is 68.3 Å². The molecule has 1 amide bonds. The van der Waals surface area contributed by atoms with Crippen LogP contribution in [-0.4, -0.2) is 73.3 Å². The van der Waals surface area contributed by atoms with Crippen molar-refractivity contribution in [3.8, 4) is 0 Å². The van der Waals surface area contributed by atoms with Crippen LogP contribution in [0.5, 0.6) is 0 Å². The van der Waals surface area contributed by atoms with E-state index in [1.54, 1.807) is 24.0 Å². The van der Waals surface area contributed by atoms with Crippen LogP contribution in [0.1, 0.15) is 53.4 Å². The van der Waals surface area contributed by atoms with E-state index in [4.69, 9.17) is 14.2 Å². The fraction of sp³-hybridized carbons (Fsp3) is 0.533. The maximum absolute atomic E-state index is 15.0. The minimum atomic E-state index is -0.592. The molecule has 38 heavy (non-hydrogen) atoms. The van der Waals surface area contributed by atoms with Gasteiger partial charge in [0.2, 0.25) is 0 Å². The van der Waals surface area contributed by atoms with Crippen molar-refractivity contribution < 1.29 is 28.2 Å². The van der Waals surface area contributed by atoms with Gasteiger partial charge in [0.05, 0.1) is 57.1 Å². The molecule has 3 heterocycles. The number of likely N-dealkylation sites (tertiary alicyclic amines) is 1. The molecule has 2 aromatic rings. The normalized spacial score (nSPS) is 27.1. The quantitative estimate of drug-likeness (QED) is 0.548. The second-order valence-electron chi connectivity index (χ2n) is 11.3. The predicted molar refractivity (Wildman–Crippen MR) is 140 cm³/mol. The number of halogens is 1. The Kier molecular flexibility index (Phi) is 7.58. The number of benzene rings is 2. The molecule has 0 saturated carbocycles. The Balaban J connectivity index is 1.52. The molecule has 4 atom stereocenters. The number of carbonyl (C=O) groups is 2. The lowest BCUT2D eigenvalue weighted by atomic mass is 9.76. The zero-order valence-corrected chi connectivity index (χ0v) is 22.6. The molecular weight excluding hydrogens is 487 g/mol. The molecule has 0 aromatic heterocycles. The van der Waals surface area contributed by atoms with Crippen molar-refractivity contribution in [2.45, 2.75) is 51.4 Å². The first-order valence-electron chi connectivity index (χ1n) is 13.4. The molecule has 2 aromatic carbocycles. The van der Waals surface area contributed by atoms with Gasteiger partial charge in [-0.2, -0.15) is 0 Å². The van der Waals surface area contributed by atoms with E-state index in [0.29, 0.717) is 38.4 Å². The summed E-state index contributed by atoms with van der Waals surface area (Å²) in [7, 11) is 1.37. The Morgan fingerprint density at radius 2 is 1.87 bits per heavy atom. The Morgan fingerprint density at radius 1 is 1.11 bits per heavy atom. The number of hydrogen-bond donors (Lipinski definition) is 0. The van der Waals surface area contributed by atoms with Gasteiger partial charge in [-0.15, -0.1) is 0 Å². The fourth-order valence-electron chi connectivity index (χ4n) is 6.28. The standard InChI is InChI=1S/C30H37FN2O5/c1-19-6-5-7-24(31)26(19)28(34)33-25-17-38-16-22(25)14-23(29(35)36-4)27(33)21-10-8-20(9-11-21)15-32-12-13-37-18-30(32,2)3/h5-11,22-23,25,27H,12-18H2,1-4H3. The van der Waals surface area contributed by atoms with Crippen molar-refractivity contribution in [1.82, 2.24) is 9.80 Å². The summed E-state index contributed by atoms with van der Waals surface area (Å²) >= 11 is 0. The molecule has 204 valence electrons. The molecule has 5 rings (SSSR count). The van der Waals surface area contributed by atoms with E-state index in [1.807, 2.05) is 12.1 Å². The van der Waals surface area contributed by atoms with Gasteiger partial charge in [-0.25, -0.2) is 4.39 Å². The molecule has 3 aliphatic heterocycles. The Labute approximate surface area is 223 Å². The molecule has 0 spiro atoms. The number of hydrogen-bond acceptors (Lipinski definition) is 6. The molecule has 4 unspecified atom stereocenters. The third kappa shape index (κ3) is 4.97. The van der Waals surface area contributed by atoms with E-state index in [-0.39, 0.29) is 29.0 Å². The smallest absolute Gasteiger partial charge is 0.311 e. The highest BCUT2D eigenvalue weighted by atomic mass is 19.1. The molecule has 7 nitrogen and oxygen atoms in total. The molecule has 8 heteroatoms. The van der Waals surface area contributed by atoms with Gasteiger partial charge in [-0.3, -0.25) is 14.5 Å². The summed E-state index contributed by atoms with van der Waals surface area (Å²) in [6, 6.07) is 11.9. The zero-order valence-electron chi connectivity index (χ0n) is 22.6. The van der Waals surface area contributed by atoms with Crippen LogP contribution in [0.4, 0.5) is 4.39 Å². The second kappa shape index (κ2) is 10.8. The highest BCUT2D eigenvalue weighted by Crippen LogP contribution is 2.45. The second-order valence-corrected chi connectivity index (χ2v) is 11.3. The van der Waals surface area contributed by atoms with Crippen LogP contribution in [0.15, 0.2) is 42.5 Å². The molecule has 0 bridgehead atoms. The first-order valence-corrected chi connectivity index (χ1v) is 13.4. The first kappa shape index (κ1) is 26.8. The Morgan fingerprint density at radius 3 is 2.55 bits per heavy atom. The number of rotatable bonds is 5. The van der Waals surface area contributed by atoms with Crippen molar-refractivity contribution in [2.24, 2.45) is 11.8 Å². The fourth-order valence-corrected chi connectivity index (χ4v) is 6.28. The van der Waals surface area contributed by atoms with E-state index >= 15 is 4.39 Å². The van der Waals surface area contributed by atoms with Crippen molar-refractivity contribution in [2.75, 3.05) is 40.1 Å². The summed E-state index contributed by atoms with van der Waals surface area (Å²) in [5, 5.41) is 0. The SMILES string of the molecule is COC(=O)C1CC2COCC2N(C(=O)c2c(C)cccc2F)C1c1ccc(CN2CCOCC2(C)C)cc1. The maximum atomic E-state index is 15.0. The molecule has 0 aliphatic carbocycles. The molecule has 3 saturated heterocycles. The lowest BCUT2D eigenvalue weighted by molar-refractivity contribution is -0.151. The minimum Gasteiger partial charge on any atom is -0.469 e. The van der Waals surface area contributed by atoms with Gasteiger partial charge >= 0.3 is 5.97 Å². The first-order chi connectivity index (χ1) is 18.2. The number of carbonyl (C=O) groups excluding carboxylic acids is 2.